The fourth-order valence-electron chi connectivity index (χ4n) is 4.91. The maximum atomic E-state index is 13.7. The molecule has 0 aliphatic carbocycles. The monoisotopic (exact) mass is 511 g/mol. The van der Waals surface area contributed by atoms with Gasteiger partial charge in [0.05, 0.1) is 18.4 Å². The van der Waals surface area contributed by atoms with Crippen molar-refractivity contribution in [1.82, 2.24) is 14.4 Å². The van der Waals surface area contributed by atoms with Crippen LogP contribution in [0.5, 0.6) is 5.75 Å². The van der Waals surface area contributed by atoms with Crippen LogP contribution < -0.4 is 4.74 Å². The first-order chi connectivity index (χ1) is 18.4. The Morgan fingerprint density at radius 1 is 0.789 bits per heavy atom. The average molecular weight is 512 g/mol. The summed E-state index contributed by atoms with van der Waals surface area (Å²) < 4.78 is 21.0. The minimum absolute atomic E-state index is 0.0685. The summed E-state index contributed by atoms with van der Waals surface area (Å²) in [5, 5.41) is 0. The first-order valence-corrected chi connectivity index (χ1v) is 12.6. The normalized spacial score (nSPS) is 13.5. The molecule has 1 aliphatic rings. The van der Waals surface area contributed by atoms with Crippen molar-refractivity contribution >= 4 is 11.8 Å². The molecule has 1 saturated heterocycles. The maximum Gasteiger partial charge on any atom is 0.255 e. The summed E-state index contributed by atoms with van der Waals surface area (Å²) in [6.45, 7) is 5.61. The number of methoxy groups -OCH3 is 1. The molecule has 0 N–H and O–H groups in total. The van der Waals surface area contributed by atoms with Gasteiger partial charge in [0.25, 0.3) is 11.8 Å². The molecule has 6 nitrogen and oxygen atoms in total. The second-order valence-corrected chi connectivity index (χ2v) is 9.52. The van der Waals surface area contributed by atoms with Gasteiger partial charge in [-0.1, -0.05) is 23.8 Å². The van der Waals surface area contributed by atoms with E-state index in [2.05, 4.69) is 28.8 Å². The Morgan fingerprint density at radius 2 is 1.42 bits per heavy atom. The molecule has 3 aromatic carbocycles. The number of aryl methyl sites for hydroxylation is 1. The van der Waals surface area contributed by atoms with Gasteiger partial charge < -0.3 is 19.1 Å². The number of ether oxygens (including phenoxy) is 1. The van der Waals surface area contributed by atoms with E-state index in [-0.39, 0.29) is 11.8 Å². The van der Waals surface area contributed by atoms with Gasteiger partial charge in [0.15, 0.2) is 0 Å². The molecule has 0 bridgehead atoms. The standard InChI is InChI=1S/C31H30FN3O3/c1-21-7-11-26(12-8-21)35-22(2)28(20-29(35)23-9-13-27(38-3)14-10-23)31(37)34-17-15-33(16-18-34)30(36)24-5-4-6-25(32)19-24/h4-14,19-20H,15-18H2,1-3H3. The molecular formula is C31H30FN3O3. The van der Waals surface area contributed by atoms with Crippen molar-refractivity contribution in [2.24, 2.45) is 0 Å². The number of aromatic nitrogens is 1. The van der Waals surface area contributed by atoms with Crippen molar-refractivity contribution in [3.05, 3.63) is 107 Å². The summed E-state index contributed by atoms with van der Waals surface area (Å²) in [5.41, 5.74) is 5.82. The fourth-order valence-corrected chi connectivity index (χ4v) is 4.91. The molecule has 0 radical (unpaired) electrons. The van der Waals surface area contributed by atoms with Gasteiger partial charge in [0, 0.05) is 43.1 Å². The summed E-state index contributed by atoms with van der Waals surface area (Å²) in [4.78, 5) is 30.0. The van der Waals surface area contributed by atoms with E-state index < -0.39 is 5.82 Å². The van der Waals surface area contributed by atoms with Crippen molar-refractivity contribution in [2.45, 2.75) is 13.8 Å². The highest BCUT2D eigenvalue weighted by Gasteiger charge is 2.28. The lowest BCUT2D eigenvalue weighted by molar-refractivity contribution is 0.0535. The lowest BCUT2D eigenvalue weighted by Crippen LogP contribution is -2.50. The molecule has 2 heterocycles. The quantitative estimate of drug-likeness (QED) is 0.355. The lowest BCUT2D eigenvalue weighted by atomic mass is 10.1. The van der Waals surface area contributed by atoms with E-state index in [0.717, 1.165) is 34.0 Å². The summed E-state index contributed by atoms with van der Waals surface area (Å²) in [5.74, 6) is 0.0350. The second-order valence-electron chi connectivity index (χ2n) is 9.52. The fraction of sp³-hybridized carbons (Fsp3) is 0.226. The van der Waals surface area contributed by atoms with Crippen LogP contribution in [0.25, 0.3) is 16.9 Å². The van der Waals surface area contributed by atoms with Crippen LogP contribution >= 0.6 is 0 Å². The highest BCUT2D eigenvalue weighted by molar-refractivity contribution is 5.98. The Hall–Kier alpha value is -4.39. The number of piperazine rings is 1. The predicted octanol–water partition coefficient (Wildman–Crippen LogP) is 5.51. The molecule has 1 aliphatic heterocycles. The molecule has 0 saturated carbocycles. The zero-order valence-electron chi connectivity index (χ0n) is 21.8. The topological polar surface area (TPSA) is 54.8 Å². The Balaban J connectivity index is 1.42. The number of hydrogen-bond donors (Lipinski definition) is 0. The largest absolute Gasteiger partial charge is 0.497 e. The third-order valence-corrected chi connectivity index (χ3v) is 7.08. The lowest BCUT2D eigenvalue weighted by Gasteiger charge is -2.34. The molecule has 7 heteroatoms. The van der Waals surface area contributed by atoms with E-state index in [4.69, 9.17) is 4.74 Å². The molecule has 194 valence electrons. The van der Waals surface area contributed by atoms with Gasteiger partial charge in [-0.05, 0) is 80.1 Å². The Bertz CT molecular complexity index is 1470. The van der Waals surface area contributed by atoms with Gasteiger partial charge in [-0.2, -0.15) is 0 Å². The van der Waals surface area contributed by atoms with Crippen molar-refractivity contribution in [3.63, 3.8) is 0 Å². The van der Waals surface area contributed by atoms with Crippen molar-refractivity contribution in [1.29, 1.82) is 0 Å². The van der Waals surface area contributed by atoms with E-state index in [9.17, 15) is 14.0 Å². The number of amides is 2. The zero-order chi connectivity index (χ0) is 26.8. The summed E-state index contributed by atoms with van der Waals surface area (Å²) in [7, 11) is 1.64. The summed E-state index contributed by atoms with van der Waals surface area (Å²) in [6.07, 6.45) is 0. The van der Waals surface area contributed by atoms with E-state index >= 15 is 0 Å². The van der Waals surface area contributed by atoms with Gasteiger partial charge in [0.2, 0.25) is 0 Å². The smallest absolute Gasteiger partial charge is 0.255 e. The molecule has 0 atom stereocenters. The summed E-state index contributed by atoms with van der Waals surface area (Å²) in [6, 6.07) is 23.7. The number of halogens is 1. The van der Waals surface area contributed by atoms with Crippen LogP contribution in [0.1, 0.15) is 32.0 Å². The molecule has 4 aromatic rings. The number of carbonyl (C=O) groups is 2. The number of carbonyl (C=O) groups excluding carboxylic acids is 2. The van der Waals surface area contributed by atoms with Gasteiger partial charge in [0.1, 0.15) is 11.6 Å². The maximum absolute atomic E-state index is 13.7. The SMILES string of the molecule is COc1ccc(-c2cc(C(=O)N3CCN(C(=O)c4cccc(F)c4)CC3)c(C)n2-c2ccc(C)cc2)cc1. The van der Waals surface area contributed by atoms with E-state index in [1.54, 1.807) is 23.0 Å². The highest BCUT2D eigenvalue weighted by Crippen LogP contribution is 2.31. The summed E-state index contributed by atoms with van der Waals surface area (Å²) >= 11 is 0. The zero-order valence-corrected chi connectivity index (χ0v) is 21.8. The third-order valence-electron chi connectivity index (χ3n) is 7.08. The highest BCUT2D eigenvalue weighted by atomic mass is 19.1. The van der Waals surface area contributed by atoms with Crippen molar-refractivity contribution in [3.8, 4) is 22.7 Å². The van der Waals surface area contributed by atoms with Crippen LogP contribution in [0.2, 0.25) is 0 Å². The van der Waals surface area contributed by atoms with E-state index in [1.807, 2.05) is 44.2 Å². The molecule has 1 aromatic heterocycles. The molecule has 5 rings (SSSR count). The van der Waals surface area contributed by atoms with Gasteiger partial charge >= 0.3 is 0 Å². The predicted molar refractivity (Wildman–Crippen MR) is 145 cm³/mol. The number of rotatable bonds is 5. The Morgan fingerprint density at radius 3 is 2.03 bits per heavy atom. The number of nitrogens with zero attached hydrogens (tertiary/aromatic N) is 3. The van der Waals surface area contributed by atoms with Crippen LogP contribution in [0.15, 0.2) is 78.9 Å². The van der Waals surface area contributed by atoms with E-state index in [1.165, 1.54) is 18.2 Å². The van der Waals surface area contributed by atoms with Gasteiger partial charge in [-0.25, -0.2) is 4.39 Å². The van der Waals surface area contributed by atoms with Crippen molar-refractivity contribution in [2.75, 3.05) is 33.3 Å². The molecule has 1 fully saturated rings. The van der Waals surface area contributed by atoms with Crippen molar-refractivity contribution < 1.29 is 18.7 Å². The number of benzene rings is 3. The molecule has 2 amide bonds. The van der Waals surface area contributed by atoms with E-state index in [0.29, 0.717) is 37.3 Å². The first kappa shape index (κ1) is 25.3. The first-order valence-electron chi connectivity index (χ1n) is 12.6. The molecule has 38 heavy (non-hydrogen) atoms. The molecule has 0 spiro atoms. The Labute approximate surface area is 221 Å². The van der Waals surface area contributed by atoms with Crippen LogP contribution in [0.4, 0.5) is 4.39 Å². The van der Waals surface area contributed by atoms with Crippen LogP contribution in [0, 0.1) is 19.7 Å². The molecular weight excluding hydrogens is 481 g/mol. The Kier molecular flexibility index (Phi) is 7.01. The van der Waals surface area contributed by atoms with Crippen LogP contribution in [0.3, 0.4) is 0 Å². The van der Waals surface area contributed by atoms with Gasteiger partial charge in [-0.3, -0.25) is 9.59 Å². The van der Waals surface area contributed by atoms with Gasteiger partial charge in [-0.15, -0.1) is 0 Å². The molecule has 0 unspecified atom stereocenters. The number of hydrogen-bond acceptors (Lipinski definition) is 3. The van der Waals surface area contributed by atoms with Crippen LogP contribution in [-0.4, -0.2) is 59.5 Å². The minimum atomic E-state index is -0.439. The average Bonchev–Trinajstić information content (AvgIpc) is 3.29. The second kappa shape index (κ2) is 10.5. The third kappa shape index (κ3) is 4.92. The minimum Gasteiger partial charge on any atom is -0.497 e. The van der Waals surface area contributed by atoms with Crippen LogP contribution in [-0.2, 0) is 0 Å².